The fraction of sp³-hybridized carbons (Fsp3) is 0.267. The zero-order valence-corrected chi connectivity index (χ0v) is 12.7. The van der Waals surface area contributed by atoms with E-state index in [9.17, 15) is 0 Å². The van der Waals surface area contributed by atoms with Gasteiger partial charge >= 0.3 is 0 Å². The SMILES string of the molecule is CCCNCc1ccccc1Sc1ncnc2nc[nH]c12. The van der Waals surface area contributed by atoms with Crippen molar-refractivity contribution in [1.82, 2.24) is 25.3 Å². The van der Waals surface area contributed by atoms with Gasteiger partial charge in [-0.05, 0) is 24.6 Å². The summed E-state index contributed by atoms with van der Waals surface area (Å²) in [6.45, 7) is 4.06. The third-order valence-electron chi connectivity index (χ3n) is 3.11. The summed E-state index contributed by atoms with van der Waals surface area (Å²) >= 11 is 1.64. The number of aromatic amines is 1. The number of nitrogens with zero attached hydrogens (tertiary/aromatic N) is 3. The number of rotatable bonds is 6. The first-order chi connectivity index (χ1) is 10.4. The topological polar surface area (TPSA) is 66.5 Å². The summed E-state index contributed by atoms with van der Waals surface area (Å²) in [5.41, 5.74) is 2.87. The Hall–Kier alpha value is -1.92. The normalized spacial score (nSPS) is 11.1. The van der Waals surface area contributed by atoms with E-state index in [4.69, 9.17) is 0 Å². The van der Waals surface area contributed by atoms with Crippen molar-refractivity contribution in [3.63, 3.8) is 0 Å². The molecule has 108 valence electrons. The van der Waals surface area contributed by atoms with E-state index in [1.165, 1.54) is 10.5 Å². The lowest BCUT2D eigenvalue weighted by Crippen LogP contribution is -2.14. The molecule has 0 fully saturated rings. The molecule has 0 aliphatic carbocycles. The minimum absolute atomic E-state index is 0.703. The molecule has 3 rings (SSSR count). The average molecular weight is 299 g/mol. The molecule has 0 atom stereocenters. The Morgan fingerprint density at radius 2 is 2.10 bits per heavy atom. The Bertz CT molecular complexity index is 725. The van der Waals surface area contributed by atoms with Crippen LogP contribution in [0.1, 0.15) is 18.9 Å². The summed E-state index contributed by atoms with van der Waals surface area (Å²) in [4.78, 5) is 17.0. The largest absolute Gasteiger partial charge is 0.341 e. The molecule has 2 heterocycles. The van der Waals surface area contributed by atoms with Gasteiger partial charge in [0, 0.05) is 11.4 Å². The van der Waals surface area contributed by atoms with Gasteiger partial charge in [-0.2, -0.15) is 0 Å². The first-order valence-corrected chi connectivity index (χ1v) is 7.80. The molecule has 0 saturated heterocycles. The number of hydrogen-bond acceptors (Lipinski definition) is 5. The maximum atomic E-state index is 4.37. The molecule has 0 radical (unpaired) electrons. The maximum absolute atomic E-state index is 4.37. The zero-order valence-electron chi connectivity index (χ0n) is 11.8. The average Bonchev–Trinajstić information content (AvgIpc) is 2.99. The molecule has 2 N–H and O–H groups in total. The molecule has 0 unspecified atom stereocenters. The van der Waals surface area contributed by atoms with Crippen LogP contribution >= 0.6 is 11.8 Å². The minimum atomic E-state index is 0.703. The van der Waals surface area contributed by atoms with E-state index < -0.39 is 0 Å². The van der Waals surface area contributed by atoms with E-state index in [2.05, 4.69) is 56.4 Å². The van der Waals surface area contributed by atoms with Crippen molar-refractivity contribution in [2.45, 2.75) is 29.8 Å². The van der Waals surface area contributed by atoms with Gasteiger partial charge in [-0.3, -0.25) is 0 Å². The van der Waals surface area contributed by atoms with Crippen LogP contribution in [0.5, 0.6) is 0 Å². The molecular weight excluding hydrogens is 282 g/mol. The molecular formula is C15H17N5S. The first kappa shape index (κ1) is 14.0. The summed E-state index contributed by atoms with van der Waals surface area (Å²) in [6.07, 6.45) is 4.34. The van der Waals surface area contributed by atoms with Crippen LogP contribution in [-0.4, -0.2) is 26.5 Å². The van der Waals surface area contributed by atoms with Crippen LogP contribution in [0, 0.1) is 0 Å². The number of nitrogens with one attached hydrogen (secondary N) is 2. The quantitative estimate of drug-likeness (QED) is 0.541. The lowest BCUT2D eigenvalue weighted by atomic mass is 10.2. The van der Waals surface area contributed by atoms with Gasteiger partial charge in [0.25, 0.3) is 0 Å². The van der Waals surface area contributed by atoms with E-state index in [1.54, 1.807) is 24.4 Å². The third kappa shape index (κ3) is 3.22. The Labute approximate surface area is 127 Å². The Morgan fingerprint density at radius 3 is 3.00 bits per heavy atom. The van der Waals surface area contributed by atoms with Crippen LogP contribution in [0.25, 0.3) is 11.2 Å². The lowest BCUT2D eigenvalue weighted by Gasteiger charge is -2.09. The van der Waals surface area contributed by atoms with Crippen molar-refractivity contribution in [1.29, 1.82) is 0 Å². The van der Waals surface area contributed by atoms with Crippen molar-refractivity contribution < 1.29 is 0 Å². The fourth-order valence-electron chi connectivity index (χ4n) is 2.07. The summed E-state index contributed by atoms with van der Waals surface area (Å²) in [5.74, 6) is 0. The molecule has 0 aliphatic rings. The number of hydrogen-bond donors (Lipinski definition) is 2. The molecule has 0 saturated carbocycles. The molecule has 21 heavy (non-hydrogen) atoms. The standard InChI is InChI=1S/C15H17N5S/c1-2-7-16-8-11-5-3-4-6-12(11)21-15-13-14(18-9-17-13)19-10-20-15/h3-6,9-10,16H,2,7-8H2,1H3,(H,17,18,19,20). The summed E-state index contributed by atoms with van der Waals surface area (Å²) in [5, 5.41) is 4.35. The molecule has 1 aromatic carbocycles. The van der Waals surface area contributed by atoms with E-state index in [-0.39, 0.29) is 0 Å². The fourth-order valence-corrected chi connectivity index (χ4v) is 3.05. The van der Waals surface area contributed by atoms with Crippen molar-refractivity contribution in [3.8, 4) is 0 Å². The van der Waals surface area contributed by atoms with Crippen LogP contribution in [-0.2, 0) is 6.54 Å². The van der Waals surface area contributed by atoms with E-state index in [0.717, 1.165) is 30.1 Å². The highest BCUT2D eigenvalue weighted by atomic mass is 32.2. The van der Waals surface area contributed by atoms with Crippen LogP contribution < -0.4 is 5.32 Å². The van der Waals surface area contributed by atoms with Gasteiger partial charge in [-0.25, -0.2) is 15.0 Å². The molecule has 5 nitrogen and oxygen atoms in total. The number of H-pyrrole nitrogens is 1. The van der Waals surface area contributed by atoms with Crippen LogP contribution in [0.3, 0.4) is 0 Å². The molecule has 0 aliphatic heterocycles. The molecule has 0 bridgehead atoms. The number of fused-ring (bicyclic) bond motifs is 1. The van der Waals surface area contributed by atoms with Gasteiger partial charge in [0.1, 0.15) is 16.9 Å². The smallest absolute Gasteiger partial charge is 0.181 e. The van der Waals surface area contributed by atoms with E-state index >= 15 is 0 Å². The molecule has 2 aromatic heterocycles. The van der Waals surface area contributed by atoms with Gasteiger partial charge in [0.05, 0.1) is 6.33 Å². The highest BCUT2D eigenvalue weighted by Gasteiger charge is 2.10. The highest BCUT2D eigenvalue weighted by Crippen LogP contribution is 2.31. The van der Waals surface area contributed by atoms with E-state index in [0.29, 0.717) is 5.65 Å². The maximum Gasteiger partial charge on any atom is 0.181 e. The van der Waals surface area contributed by atoms with Gasteiger partial charge in [-0.15, -0.1) is 0 Å². The molecule has 3 aromatic rings. The number of imidazole rings is 1. The predicted octanol–water partition coefficient (Wildman–Crippen LogP) is 3.00. The van der Waals surface area contributed by atoms with Gasteiger partial charge in [0.15, 0.2) is 5.65 Å². The summed E-state index contributed by atoms with van der Waals surface area (Å²) in [6, 6.07) is 8.39. The molecule has 0 spiro atoms. The van der Waals surface area contributed by atoms with Crippen LogP contribution in [0.15, 0.2) is 46.8 Å². The monoisotopic (exact) mass is 299 g/mol. The zero-order chi connectivity index (χ0) is 14.5. The van der Waals surface area contributed by atoms with Crippen molar-refractivity contribution in [2.75, 3.05) is 6.54 Å². The van der Waals surface area contributed by atoms with Crippen molar-refractivity contribution in [3.05, 3.63) is 42.5 Å². The Balaban J connectivity index is 1.86. The second kappa shape index (κ2) is 6.69. The van der Waals surface area contributed by atoms with Crippen molar-refractivity contribution in [2.24, 2.45) is 0 Å². The van der Waals surface area contributed by atoms with E-state index in [1.807, 2.05) is 0 Å². The number of aromatic nitrogens is 4. The Kier molecular flexibility index (Phi) is 4.47. The van der Waals surface area contributed by atoms with Crippen LogP contribution in [0.2, 0.25) is 0 Å². The van der Waals surface area contributed by atoms with Gasteiger partial charge in [0.2, 0.25) is 0 Å². The predicted molar refractivity (Wildman–Crippen MR) is 84.2 cm³/mol. The lowest BCUT2D eigenvalue weighted by molar-refractivity contribution is 0.669. The number of benzene rings is 1. The van der Waals surface area contributed by atoms with Crippen molar-refractivity contribution >= 4 is 22.9 Å². The third-order valence-corrected chi connectivity index (χ3v) is 4.23. The second-order valence-corrected chi connectivity index (χ2v) is 5.70. The summed E-state index contributed by atoms with van der Waals surface area (Å²) in [7, 11) is 0. The molecule has 0 amide bonds. The minimum Gasteiger partial charge on any atom is -0.341 e. The second-order valence-electron chi connectivity index (χ2n) is 4.67. The summed E-state index contributed by atoms with van der Waals surface area (Å²) < 4.78 is 0. The highest BCUT2D eigenvalue weighted by molar-refractivity contribution is 7.99. The molecule has 6 heteroatoms. The van der Waals surface area contributed by atoms with Crippen LogP contribution in [0.4, 0.5) is 0 Å². The Morgan fingerprint density at radius 1 is 1.19 bits per heavy atom. The van der Waals surface area contributed by atoms with Gasteiger partial charge < -0.3 is 10.3 Å². The first-order valence-electron chi connectivity index (χ1n) is 6.99. The van der Waals surface area contributed by atoms with Gasteiger partial charge in [-0.1, -0.05) is 36.9 Å².